The van der Waals surface area contributed by atoms with E-state index in [9.17, 15) is 8.78 Å². The predicted molar refractivity (Wildman–Crippen MR) is 47.3 cm³/mol. The van der Waals surface area contributed by atoms with E-state index >= 15 is 0 Å². The Morgan fingerprint density at radius 2 is 1.67 bits per heavy atom. The number of benzene rings is 1. The van der Waals surface area contributed by atoms with Crippen molar-refractivity contribution in [3.63, 3.8) is 0 Å². The SMILES string of the molecule is Oc1c(F)ccc(-n2cccc2)c1F.[Ti]. The molecular formula is C10H7F2NOTi. The summed E-state index contributed by atoms with van der Waals surface area (Å²) in [5.41, 5.74) is 0.119. The predicted octanol–water partition coefficient (Wildman–Crippen LogP) is 2.46. The van der Waals surface area contributed by atoms with E-state index in [-0.39, 0.29) is 27.4 Å². The molecule has 0 saturated carbocycles. The molecule has 1 aromatic carbocycles. The Morgan fingerprint density at radius 3 is 2.27 bits per heavy atom. The molecule has 0 aliphatic rings. The van der Waals surface area contributed by atoms with Gasteiger partial charge in [0.1, 0.15) is 0 Å². The average Bonchev–Trinajstić information content (AvgIpc) is 2.67. The number of halogens is 2. The zero-order chi connectivity index (χ0) is 10.1. The van der Waals surface area contributed by atoms with Crippen molar-refractivity contribution < 1.29 is 35.6 Å². The molecule has 0 atom stereocenters. The number of aromatic nitrogens is 1. The third-order valence-electron chi connectivity index (χ3n) is 1.93. The number of nitrogens with zero attached hydrogens (tertiary/aromatic N) is 1. The molecule has 2 rings (SSSR count). The van der Waals surface area contributed by atoms with E-state index in [1.165, 1.54) is 10.6 Å². The van der Waals surface area contributed by atoms with Gasteiger partial charge in [0, 0.05) is 34.1 Å². The Bertz CT molecular complexity index is 457. The summed E-state index contributed by atoms with van der Waals surface area (Å²) in [4.78, 5) is 0. The molecule has 0 aliphatic carbocycles. The molecule has 0 radical (unpaired) electrons. The molecule has 0 aliphatic heterocycles. The van der Waals surface area contributed by atoms with Crippen LogP contribution in [0.5, 0.6) is 5.75 Å². The van der Waals surface area contributed by atoms with Crippen molar-refractivity contribution in [1.29, 1.82) is 0 Å². The largest absolute Gasteiger partial charge is 0.503 e. The molecule has 5 heteroatoms. The van der Waals surface area contributed by atoms with E-state index in [2.05, 4.69) is 0 Å². The van der Waals surface area contributed by atoms with Crippen LogP contribution in [0.2, 0.25) is 0 Å². The van der Waals surface area contributed by atoms with Gasteiger partial charge < -0.3 is 9.67 Å². The molecule has 1 N–H and O–H groups in total. The van der Waals surface area contributed by atoms with Gasteiger partial charge >= 0.3 is 0 Å². The molecule has 0 amide bonds. The minimum Gasteiger partial charge on any atom is -0.503 e. The molecule has 1 aromatic heterocycles. The van der Waals surface area contributed by atoms with Crippen molar-refractivity contribution in [2.45, 2.75) is 0 Å². The van der Waals surface area contributed by atoms with Crippen LogP contribution in [0.3, 0.4) is 0 Å². The number of aromatic hydroxyl groups is 1. The van der Waals surface area contributed by atoms with Gasteiger partial charge in [-0.25, -0.2) is 8.78 Å². The molecule has 2 nitrogen and oxygen atoms in total. The van der Waals surface area contributed by atoms with Crippen molar-refractivity contribution in [3.05, 3.63) is 48.3 Å². The van der Waals surface area contributed by atoms with Crippen LogP contribution in [-0.4, -0.2) is 9.67 Å². The summed E-state index contributed by atoms with van der Waals surface area (Å²) in [6.45, 7) is 0. The maximum atomic E-state index is 13.3. The topological polar surface area (TPSA) is 25.2 Å². The summed E-state index contributed by atoms with van der Waals surface area (Å²) in [6.07, 6.45) is 3.21. The van der Waals surface area contributed by atoms with E-state index in [0.29, 0.717) is 0 Å². The minimum atomic E-state index is -0.960. The first kappa shape index (κ1) is 11.9. The van der Waals surface area contributed by atoms with Crippen LogP contribution in [0.1, 0.15) is 0 Å². The number of hydrogen-bond donors (Lipinski definition) is 1. The second-order valence-corrected chi connectivity index (χ2v) is 2.82. The van der Waals surface area contributed by atoms with Gasteiger partial charge in [-0.3, -0.25) is 0 Å². The molecule has 0 fully saturated rings. The zero-order valence-electron chi connectivity index (χ0n) is 7.61. The zero-order valence-corrected chi connectivity index (χ0v) is 9.18. The Morgan fingerprint density at radius 1 is 1.07 bits per heavy atom. The fraction of sp³-hybridized carbons (Fsp3) is 0. The van der Waals surface area contributed by atoms with Gasteiger partial charge in [-0.2, -0.15) is 0 Å². The molecule has 76 valence electrons. The van der Waals surface area contributed by atoms with Gasteiger partial charge in [-0.05, 0) is 24.3 Å². The molecule has 0 spiro atoms. The Kier molecular flexibility index (Phi) is 3.66. The standard InChI is InChI=1S/C10H7F2NO.Ti/c11-7-3-4-8(9(12)10(7)14)13-5-1-2-6-13;/h1-6,14H;. The normalized spacial score (nSPS) is 9.73. The number of rotatable bonds is 1. The summed E-state index contributed by atoms with van der Waals surface area (Å²) in [5, 5.41) is 9.02. The Balaban J connectivity index is 0.00000112. The summed E-state index contributed by atoms with van der Waals surface area (Å²) in [5.74, 6) is -2.86. The van der Waals surface area contributed by atoms with Crippen molar-refractivity contribution in [2.75, 3.05) is 0 Å². The van der Waals surface area contributed by atoms with E-state index < -0.39 is 17.4 Å². The van der Waals surface area contributed by atoms with Gasteiger partial charge in [-0.1, -0.05) is 0 Å². The fourth-order valence-corrected chi connectivity index (χ4v) is 1.22. The van der Waals surface area contributed by atoms with Crippen LogP contribution in [0.4, 0.5) is 8.78 Å². The van der Waals surface area contributed by atoms with Crippen molar-refractivity contribution in [3.8, 4) is 11.4 Å². The van der Waals surface area contributed by atoms with Crippen LogP contribution in [0.25, 0.3) is 5.69 Å². The first-order valence-electron chi connectivity index (χ1n) is 4.00. The maximum Gasteiger partial charge on any atom is 0.191 e. The molecule has 15 heavy (non-hydrogen) atoms. The molecule has 1 heterocycles. The van der Waals surface area contributed by atoms with E-state index in [1.54, 1.807) is 24.5 Å². The summed E-state index contributed by atoms with van der Waals surface area (Å²) < 4.78 is 27.5. The van der Waals surface area contributed by atoms with Crippen molar-refractivity contribution in [2.24, 2.45) is 0 Å². The second-order valence-electron chi connectivity index (χ2n) is 2.82. The van der Waals surface area contributed by atoms with Crippen molar-refractivity contribution >= 4 is 0 Å². The Hall–Kier alpha value is -1.13. The van der Waals surface area contributed by atoms with Crippen LogP contribution in [0.15, 0.2) is 36.7 Å². The monoisotopic (exact) mass is 243 g/mol. The second kappa shape index (κ2) is 4.60. The first-order valence-corrected chi connectivity index (χ1v) is 4.00. The summed E-state index contributed by atoms with van der Waals surface area (Å²) >= 11 is 0. The maximum absolute atomic E-state index is 13.3. The van der Waals surface area contributed by atoms with E-state index in [0.717, 1.165) is 6.07 Å². The van der Waals surface area contributed by atoms with Gasteiger partial charge in [-0.15, -0.1) is 0 Å². The number of phenols is 1. The van der Waals surface area contributed by atoms with E-state index in [4.69, 9.17) is 5.11 Å². The Labute approximate surface area is 100 Å². The van der Waals surface area contributed by atoms with Gasteiger partial charge in [0.05, 0.1) is 5.69 Å². The van der Waals surface area contributed by atoms with Gasteiger partial charge in [0.25, 0.3) is 0 Å². The number of hydrogen-bond acceptors (Lipinski definition) is 1. The molecule has 0 saturated heterocycles. The fourth-order valence-electron chi connectivity index (χ4n) is 1.22. The average molecular weight is 243 g/mol. The quantitative estimate of drug-likeness (QED) is 0.764. The number of phenolic OH excluding ortho intramolecular Hbond substituents is 1. The van der Waals surface area contributed by atoms with Crippen molar-refractivity contribution in [1.82, 2.24) is 4.57 Å². The smallest absolute Gasteiger partial charge is 0.191 e. The summed E-state index contributed by atoms with van der Waals surface area (Å²) in [7, 11) is 0. The molecular weight excluding hydrogens is 236 g/mol. The third kappa shape index (κ3) is 2.11. The molecule has 0 unspecified atom stereocenters. The van der Waals surface area contributed by atoms with Crippen LogP contribution < -0.4 is 0 Å². The molecule has 0 bridgehead atoms. The van der Waals surface area contributed by atoms with Crippen LogP contribution in [-0.2, 0) is 21.7 Å². The molecule has 2 aromatic rings. The van der Waals surface area contributed by atoms with Crippen LogP contribution in [0, 0.1) is 11.6 Å². The van der Waals surface area contributed by atoms with Crippen LogP contribution >= 0.6 is 0 Å². The first-order chi connectivity index (χ1) is 6.70. The van der Waals surface area contributed by atoms with E-state index in [1.807, 2.05) is 0 Å². The van der Waals surface area contributed by atoms with Gasteiger partial charge in [0.15, 0.2) is 17.4 Å². The van der Waals surface area contributed by atoms with Gasteiger partial charge in [0.2, 0.25) is 0 Å². The summed E-state index contributed by atoms with van der Waals surface area (Å²) in [6, 6.07) is 5.71. The minimum absolute atomic E-state index is 0. The third-order valence-corrected chi connectivity index (χ3v) is 1.93.